The fraction of sp³-hybridized carbons (Fsp3) is 0.316. The predicted octanol–water partition coefficient (Wildman–Crippen LogP) is 4.07. The summed E-state index contributed by atoms with van der Waals surface area (Å²) < 4.78 is 83.4. The summed E-state index contributed by atoms with van der Waals surface area (Å²) in [4.78, 5) is 27.5. The maximum atomic E-state index is 13.5. The van der Waals surface area contributed by atoms with Crippen molar-refractivity contribution in [2.45, 2.75) is 31.4 Å². The van der Waals surface area contributed by atoms with Gasteiger partial charge in [0.15, 0.2) is 0 Å². The van der Waals surface area contributed by atoms with Gasteiger partial charge in [0.25, 0.3) is 0 Å². The molecule has 1 aromatic heterocycles. The summed E-state index contributed by atoms with van der Waals surface area (Å²) in [6, 6.07) is 1.24. The molecule has 1 unspecified atom stereocenters. The number of hydrogen-bond acceptors (Lipinski definition) is 4. The minimum atomic E-state index is -4.84. The summed E-state index contributed by atoms with van der Waals surface area (Å²) in [5.74, 6) is -0.810. The Morgan fingerprint density at radius 1 is 0.968 bits per heavy atom. The van der Waals surface area contributed by atoms with Crippen LogP contribution in [-0.2, 0) is 21.9 Å². The van der Waals surface area contributed by atoms with Crippen molar-refractivity contribution >= 4 is 12.0 Å². The highest BCUT2D eigenvalue weighted by Crippen LogP contribution is 2.36. The Kier molecular flexibility index (Phi) is 7.13. The number of urea groups is 1. The number of ether oxygens (including phenoxy) is 1. The number of benzene rings is 1. The number of methoxy groups -OCH3 is 1. The number of alkyl halides is 6. The second-order valence-corrected chi connectivity index (χ2v) is 6.35. The molecule has 1 heterocycles. The van der Waals surface area contributed by atoms with E-state index in [1.54, 1.807) is 0 Å². The molecule has 0 aliphatic rings. The number of aromatic nitrogens is 1. The monoisotopic (exact) mass is 449 g/mol. The van der Waals surface area contributed by atoms with Gasteiger partial charge in [-0.2, -0.15) is 26.3 Å². The first kappa shape index (κ1) is 24.0. The second kappa shape index (κ2) is 9.23. The lowest BCUT2D eigenvalue weighted by Gasteiger charge is -2.23. The number of esters is 1. The molecule has 2 N–H and O–H groups in total. The highest BCUT2D eigenvalue weighted by Gasteiger charge is 2.37. The number of pyridine rings is 1. The smallest absolute Gasteiger partial charge is 0.418 e. The number of amides is 2. The quantitative estimate of drug-likeness (QED) is 0.533. The first-order valence-electron chi connectivity index (χ1n) is 8.68. The van der Waals surface area contributed by atoms with Crippen molar-refractivity contribution in [1.29, 1.82) is 0 Å². The van der Waals surface area contributed by atoms with Gasteiger partial charge >= 0.3 is 24.4 Å². The summed E-state index contributed by atoms with van der Waals surface area (Å²) >= 11 is 0. The van der Waals surface area contributed by atoms with Crippen LogP contribution in [0.25, 0.3) is 0 Å². The summed E-state index contributed by atoms with van der Waals surface area (Å²) in [6.45, 7) is 1.28. The average molecular weight is 449 g/mol. The molecule has 2 aromatic rings. The van der Waals surface area contributed by atoms with Gasteiger partial charge < -0.3 is 15.4 Å². The highest BCUT2D eigenvalue weighted by molar-refractivity contribution is 5.83. The molecule has 2 rings (SSSR count). The van der Waals surface area contributed by atoms with Crippen LogP contribution in [0.4, 0.5) is 31.1 Å². The summed E-state index contributed by atoms with van der Waals surface area (Å²) in [7, 11) is 1.08. The molecule has 0 radical (unpaired) electrons. The molecule has 0 saturated heterocycles. The first-order chi connectivity index (χ1) is 14.3. The Hall–Kier alpha value is -3.31. The lowest BCUT2D eigenvalue weighted by molar-refractivity contribution is -0.142. The van der Waals surface area contributed by atoms with Gasteiger partial charge in [-0.1, -0.05) is 12.1 Å². The normalized spacial score (nSPS) is 13.8. The third-order valence-electron chi connectivity index (χ3n) is 4.17. The Morgan fingerprint density at radius 2 is 1.58 bits per heavy atom. The second-order valence-electron chi connectivity index (χ2n) is 6.35. The summed E-state index contributed by atoms with van der Waals surface area (Å²) in [5.41, 5.74) is -2.91. The molecule has 0 fully saturated rings. The topological polar surface area (TPSA) is 80.3 Å². The number of carbonyl (C=O) groups is 2. The van der Waals surface area contributed by atoms with Crippen LogP contribution in [-0.4, -0.2) is 30.1 Å². The van der Waals surface area contributed by atoms with Crippen LogP contribution in [0, 0.1) is 0 Å². The van der Waals surface area contributed by atoms with Gasteiger partial charge in [-0.3, -0.25) is 4.98 Å². The SMILES string of the molecule is COC(=O)C(C)NC(=O)N[C@@H](c1ccc(C(F)(F)F)cc1)c1ncccc1C(F)(F)F. The zero-order valence-corrected chi connectivity index (χ0v) is 16.1. The molecule has 1 aromatic carbocycles. The van der Waals surface area contributed by atoms with E-state index in [4.69, 9.17) is 0 Å². The average Bonchev–Trinajstić information content (AvgIpc) is 2.70. The molecule has 2 atom stereocenters. The molecule has 31 heavy (non-hydrogen) atoms. The molecule has 0 aliphatic heterocycles. The zero-order valence-electron chi connectivity index (χ0n) is 16.1. The molecule has 0 spiro atoms. The van der Waals surface area contributed by atoms with Crippen LogP contribution in [0.1, 0.15) is 35.3 Å². The van der Waals surface area contributed by atoms with E-state index in [0.717, 1.165) is 37.6 Å². The van der Waals surface area contributed by atoms with Crippen molar-refractivity contribution in [3.63, 3.8) is 0 Å². The lowest BCUT2D eigenvalue weighted by Crippen LogP contribution is -2.46. The van der Waals surface area contributed by atoms with Crippen molar-refractivity contribution in [2.75, 3.05) is 7.11 Å². The number of nitrogens with zero attached hydrogens (tertiary/aromatic N) is 1. The van der Waals surface area contributed by atoms with Crippen LogP contribution in [0.5, 0.6) is 0 Å². The Morgan fingerprint density at radius 3 is 2.10 bits per heavy atom. The molecule has 6 nitrogen and oxygen atoms in total. The molecule has 12 heteroatoms. The summed E-state index contributed by atoms with van der Waals surface area (Å²) in [5, 5.41) is 4.41. The fourth-order valence-corrected chi connectivity index (χ4v) is 2.67. The fourth-order valence-electron chi connectivity index (χ4n) is 2.67. The molecule has 0 aliphatic carbocycles. The van der Waals surface area contributed by atoms with Crippen molar-refractivity contribution in [2.24, 2.45) is 0 Å². The Labute approximate surface area is 172 Å². The van der Waals surface area contributed by atoms with Crippen LogP contribution >= 0.6 is 0 Å². The molecule has 168 valence electrons. The lowest BCUT2D eigenvalue weighted by atomic mass is 9.98. The van der Waals surface area contributed by atoms with E-state index in [0.29, 0.717) is 12.1 Å². The standard InChI is InChI=1S/C19H17F6N3O3/c1-10(16(29)31-2)27-17(30)28-14(11-5-7-12(8-6-11)18(20,21)22)15-13(19(23,24)25)4-3-9-26-15/h3-10,14H,1-2H3,(H2,27,28,30)/t10?,14-/m0/s1. The molecular weight excluding hydrogens is 432 g/mol. The molecule has 0 saturated carbocycles. The summed E-state index contributed by atoms with van der Waals surface area (Å²) in [6.07, 6.45) is -8.44. The largest absolute Gasteiger partial charge is 0.467 e. The number of nitrogens with one attached hydrogen (secondary N) is 2. The van der Waals surface area contributed by atoms with Gasteiger partial charge in [0.2, 0.25) is 0 Å². The van der Waals surface area contributed by atoms with E-state index in [-0.39, 0.29) is 5.56 Å². The molecule has 0 bridgehead atoms. The maximum Gasteiger partial charge on any atom is 0.418 e. The molecular formula is C19H17F6N3O3. The van der Waals surface area contributed by atoms with Gasteiger partial charge in [-0.15, -0.1) is 0 Å². The van der Waals surface area contributed by atoms with E-state index >= 15 is 0 Å². The van der Waals surface area contributed by atoms with Crippen LogP contribution in [0.15, 0.2) is 42.6 Å². The number of carbonyl (C=O) groups excluding carboxylic acids is 2. The minimum absolute atomic E-state index is 0.0851. The maximum absolute atomic E-state index is 13.5. The van der Waals surface area contributed by atoms with Gasteiger partial charge in [-0.25, -0.2) is 9.59 Å². The third kappa shape index (κ3) is 6.09. The number of rotatable bonds is 5. The van der Waals surface area contributed by atoms with Gasteiger partial charge in [0.05, 0.1) is 30.0 Å². The zero-order chi connectivity index (χ0) is 23.4. The predicted molar refractivity (Wildman–Crippen MR) is 95.7 cm³/mol. The van der Waals surface area contributed by atoms with Gasteiger partial charge in [-0.05, 0) is 36.8 Å². The van der Waals surface area contributed by atoms with Crippen molar-refractivity contribution in [3.05, 3.63) is 65.0 Å². The van der Waals surface area contributed by atoms with E-state index in [9.17, 15) is 35.9 Å². The van der Waals surface area contributed by atoms with Crippen molar-refractivity contribution in [3.8, 4) is 0 Å². The van der Waals surface area contributed by atoms with Crippen LogP contribution in [0.2, 0.25) is 0 Å². The Balaban J connectivity index is 2.47. The van der Waals surface area contributed by atoms with Crippen LogP contribution < -0.4 is 10.6 Å². The van der Waals surface area contributed by atoms with E-state index < -0.39 is 53.3 Å². The third-order valence-corrected chi connectivity index (χ3v) is 4.17. The van der Waals surface area contributed by atoms with Gasteiger partial charge in [0.1, 0.15) is 6.04 Å². The first-order valence-corrected chi connectivity index (χ1v) is 8.68. The van der Waals surface area contributed by atoms with Crippen molar-refractivity contribution in [1.82, 2.24) is 15.6 Å². The molecule has 2 amide bonds. The van der Waals surface area contributed by atoms with Gasteiger partial charge in [0, 0.05) is 6.20 Å². The number of hydrogen-bond donors (Lipinski definition) is 2. The highest BCUT2D eigenvalue weighted by atomic mass is 19.4. The van der Waals surface area contributed by atoms with Crippen LogP contribution in [0.3, 0.4) is 0 Å². The van der Waals surface area contributed by atoms with E-state index in [1.807, 2.05) is 0 Å². The van der Waals surface area contributed by atoms with Crippen molar-refractivity contribution < 1.29 is 40.7 Å². The number of halogens is 6. The van der Waals surface area contributed by atoms with E-state index in [1.165, 1.54) is 6.92 Å². The Bertz CT molecular complexity index is 929. The minimum Gasteiger partial charge on any atom is -0.467 e. The van der Waals surface area contributed by atoms with E-state index in [2.05, 4.69) is 20.4 Å².